The first-order chi connectivity index (χ1) is 7.27. The van der Waals surface area contributed by atoms with Crippen LogP contribution in [0.15, 0.2) is 22.8 Å². The molecule has 4 heteroatoms. The summed E-state index contributed by atoms with van der Waals surface area (Å²) in [7, 11) is 1.68. The zero-order valence-electron chi connectivity index (χ0n) is 8.51. The molecule has 80 valence electrons. The molecule has 1 aromatic carbocycles. The van der Waals surface area contributed by atoms with Crippen LogP contribution in [0.1, 0.15) is 5.56 Å². The summed E-state index contributed by atoms with van der Waals surface area (Å²) >= 11 is 3.48. The Balaban J connectivity index is 2.69. The van der Waals surface area contributed by atoms with Crippen molar-refractivity contribution in [2.24, 2.45) is 5.73 Å². The van der Waals surface area contributed by atoms with Gasteiger partial charge in [0.05, 0.1) is 11.6 Å². The number of nitrogens with one attached hydrogen (secondary N) is 1. The van der Waals surface area contributed by atoms with Crippen LogP contribution in [-0.2, 0) is 6.42 Å². The van der Waals surface area contributed by atoms with Crippen molar-refractivity contribution in [3.63, 3.8) is 0 Å². The molecule has 0 bridgehead atoms. The molecular formula is C11H13BrN2O. The van der Waals surface area contributed by atoms with Gasteiger partial charge >= 0.3 is 0 Å². The Hall–Kier alpha value is -1.00. The number of ether oxygens (including phenoxy) is 1. The highest BCUT2D eigenvalue weighted by Crippen LogP contribution is 2.35. The second-order valence-corrected chi connectivity index (χ2v) is 4.21. The molecule has 3 nitrogen and oxygen atoms in total. The van der Waals surface area contributed by atoms with E-state index in [0.29, 0.717) is 6.54 Å². The lowest BCUT2D eigenvalue weighted by Gasteiger charge is -2.06. The van der Waals surface area contributed by atoms with Crippen LogP contribution in [0.4, 0.5) is 0 Å². The maximum absolute atomic E-state index is 5.57. The molecule has 0 unspecified atom stereocenters. The predicted octanol–water partition coefficient (Wildman–Crippen LogP) is 2.44. The summed E-state index contributed by atoms with van der Waals surface area (Å²) < 4.78 is 6.36. The Morgan fingerprint density at radius 2 is 2.27 bits per heavy atom. The molecule has 1 aromatic heterocycles. The second-order valence-electron chi connectivity index (χ2n) is 3.36. The van der Waals surface area contributed by atoms with Crippen molar-refractivity contribution in [3.8, 4) is 5.75 Å². The second kappa shape index (κ2) is 4.24. The highest BCUT2D eigenvalue weighted by molar-refractivity contribution is 9.10. The minimum atomic E-state index is 0.641. The van der Waals surface area contributed by atoms with Gasteiger partial charge in [0.25, 0.3) is 0 Å². The normalized spacial score (nSPS) is 10.9. The largest absolute Gasteiger partial charge is 0.495 e. The van der Waals surface area contributed by atoms with Crippen LogP contribution in [0.25, 0.3) is 10.9 Å². The molecule has 0 aliphatic carbocycles. The number of fused-ring (bicyclic) bond motifs is 1. The summed E-state index contributed by atoms with van der Waals surface area (Å²) in [5.41, 5.74) is 7.86. The first-order valence-electron chi connectivity index (χ1n) is 4.80. The summed E-state index contributed by atoms with van der Waals surface area (Å²) in [5.74, 6) is 0.872. The Morgan fingerprint density at radius 1 is 1.47 bits per heavy atom. The van der Waals surface area contributed by atoms with Crippen LogP contribution in [-0.4, -0.2) is 18.6 Å². The zero-order valence-corrected chi connectivity index (χ0v) is 10.1. The van der Waals surface area contributed by atoms with Gasteiger partial charge in [-0.1, -0.05) is 0 Å². The van der Waals surface area contributed by atoms with Crippen molar-refractivity contribution in [2.75, 3.05) is 13.7 Å². The van der Waals surface area contributed by atoms with E-state index in [4.69, 9.17) is 10.5 Å². The number of H-pyrrole nitrogens is 1. The number of rotatable bonds is 3. The van der Waals surface area contributed by atoms with E-state index in [1.807, 2.05) is 18.3 Å². The molecule has 2 aromatic rings. The molecule has 0 amide bonds. The topological polar surface area (TPSA) is 51.0 Å². The van der Waals surface area contributed by atoms with Crippen LogP contribution in [0.2, 0.25) is 0 Å². The van der Waals surface area contributed by atoms with Crippen LogP contribution in [0.5, 0.6) is 5.75 Å². The minimum absolute atomic E-state index is 0.641. The van der Waals surface area contributed by atoms with Gasteiger partial charge in [0.15, 0.2) is 0 Å². The Morgan fingerprint density at radius 3 is 2.93 bits per heavy atom. The fraction of sp³-hybridized carbons (Fsp3) is 0.273. The monoisotopic (exact) mass is 268 g/mol. The Bertz CT molecular complexity index is 479. The van der Waals surface area contributed by atoms with Crippen LogP contribution in [0, 0.1) is 0 Å². The molecule has 0 atom stereocenters. The minimum Gasteiger partial charge on any atom is -0.495 e. The fourth-order valence-corrected chi connectivity index (χ4v) is 2.28. The first kappa shape index (κ1) is 10.5. The molecule has 3 N–H and O–H groups in total. The van der Waals surface area contributed by atoms with E-state index in [1.165, 1.54) is 5.56 Å². The number of halogens is 1. The maximum Gasteiger partial charge on any atom is 0.142 e. The molecule has 0 spiro atoms. The third-order valence-electron chi connectivity index (χ3n) is 2.45. The third-order valence-corrected chi connectivity index (χ3v) is 3.07. The average Bonchev–Trinajstić information content (AvgIpc) is 2.63. The molecule has 0 saturated carbocycles. The quantitative estimate of drug-likeness (QED) is 0.899. The van der Waals surface area contributed by atoms with Gasteiger partial charge in [-0.3, -0.25) is 0 Å². The lowest BCUT2D eigenvalue weighted by Crippen LogP contribution is -2.02. The van der Waals surface area contributed by atoms with Crippen molar-refractivity contribution >= 4 is 26.8 Å². The van der Waals surface area contributed by atoms with Crippen molar-refractivity contribution in [3.05, 3.63) is 28.4 Å². The van der Waals surface area contributed by atoms with Crippen molar-refractivity contribution in [1.29, 1.82) is 0 Å². The fourth-order valence-electron chi connectivity index (χ4n) is 1.79. The molecule has 0 aliphatic heterocycles. The van der Waals surface area contributed by atoms with E-state index in [1.54, 1.807) is 7.11 Å². The number of hydrogen-bond donors (Lipinski definition) is 2. The number of aromatic amines is 1. The number of nitrogens with two attached hydrogens (primary N) is 1. The number of aromatic nitrogens is 1. The number of hydrogen-bond acceptors (Lipinski definition) is 2. The van der Waals surface area contributed by atoms with E-state index in [2.05, 4.69) is 20.9 Å². The third kappa shape index (κ3) is 1.75. The maximum atomic E-state index is 5.57. The van der Waals surface area contributed by atoms with Crippen molar-refractivity contribution in [1.82, 2.24) is 4.98 Å². The van der Waals surface area contributed by atoms with Gasteiger partial charge in [0.1, 0.15) is 5.75 Å². The molecule has 0 fully saturated rings. The highest BCUT2D eigenvalue weighted by Gasteiger charge is 2.11. The van der Waals surface area contributed by atoms with Gasteiger partial charge < -0.3 is 15.5 Å². The van der Waals surface area contributed by atoms with E-state index >= 15 is 0 Å². The van der Waals surface area contributed by atoms with E-state index in [0.717, 1.165) is 27.5 Å². The highest BCUT2D eigenvalue weighted by atomic mass is 79.9. The summed E-state index contributed by atoms with van der Waals surface area (Å²) in [6.07, 6.45) is 2.85. The number of methoxy groups -OCH3 is 1. The molecule has 0 aliphatic rings. The summed E-state index contributed by atoms with van der Waals surface area (Å²) in [6, 6.07) is 4.01. The first-order valence-corrected chi connectivity index (χ1v) is 5.59. The van der Waals surface area contributed by atoms with E-state index < -0.39 is 0 Å². The molecule has 1 heterocycles. The zero-order chi connectivity index (χ0) is 10.8. The van der Waals surface area contributed by atoms with Gasteiger partial charge in [-0.15, -0.1) is 0 Å². The molecule has 0 radical (unpaired) electrons. The smallest absolute Gasteiger partial charge is 0.142 e. The Kier molecular flexibility index (Phi) is 2.98. The van der Waals surface area contributed by atoms with Gasteiger partial charge in [-0.2, -0.15) is 0 Å². The van der Waals surface area contributed by atoms with Crippen molar-refractivity contribution in [2.45, 2.75) is 6.42 Å². The summed E-state index contributed by atoms with van der Waals surface area (Å²) in [6.45, 7) is 0.641. The molecule has 15 heavy (non-hydrogen) atoms. The predicted molar refractivity (Wildman–Crippen MR) is 65.3 cm³/mol. The number of benzene rings is 1. The van der Waals surface area contributed by atoms with E-state index in [9.17, 15) is 0 Å². The van der Waals surface area contributed by atoms with Gasteiger partial charge in [-0.05, 0) is 46.6 Å². The van der Waals surface area contributed by atoms with E-state index in [-0.39, 0.29) is 0 Å². The lowest BCUT2D eigenvalue weighted by molar-refractivity contribution is 0.417. The van der Waals surface area contributed by atoms with Crippen LogP contribution < -0.4 is 10.5 Å². The summed E-state index contributed by atoms with van der Waals surface area (Å²) in [4.78, 5) is 3.22. The van der Waals surface area contributed by atoms with Crippen LogP contribution >= 0.6 is 15.9 Å². The van der Waals surface area contributed by atoms with Crippen LogP contribution in [0.3, 0.4) is 0 Å². The summed E-state index contributed by atoms with van der Waals surface area (Å²) in [5, 5.41) is 1.12. The molecular weight excluding hydrogens is 256 g/mol. The standard InChI is InChI=1S/C11H13BrN2O/c1-15-11-8(12)2-3-9-10(11)7(4-5-13)6-14-9/h2-3,6,14H,4-5,13H2,1H3. The van der Waals surface area contributed by atoms with Gasteiger partial charge in [0, 0.05) is 17.1 Å². The van der Waals surface area contributed by atoms with Gasteiger partial charge in [-0.25, -0.2) is 0 Å². The van der Waals surface area contributed by atoms with Gasteiger partial charge in [0.2, 0.25) is 0 Å². The lowest BCUT2D eigenvalue weighted by atomic mass is 10.1. The average molecular weight is 269 g/mol. The Labute approximate surface area is 96.7 Å². The van der Waals surface area contributed by atoms with Crippen molar-refractivity contribution < 1.29 is 4.74 Å². The SMILES string of the molecule is COc1c(Br)ccc2[nH]cc(CCN)c12. The molecule has 0 saturated heterocycles. The molecule has 2 rings (SSSR count).